The summed E-state index contributed by atoms with van der Waals surface area (Å²) in [6.45, 7) is 6.95. The Morgan fingerprint density at radius 3 is 2.58 bits per heavy atom. The molecule has 1 saturated heterocycles. The van der Waals surface area contributed by atoms with Crippen LogP contribution in [0.1, 0.15) is 63.6 Å². The van der Waals surface area contributed by atoms with Crippen LogP contribution in [0.5, 0.6) is 5.75 Å². The molecule has 0 bridgehead atoms. The Labute approximate surface area is 222 Å². The van der Waals surface area contributed by atoms with Crippen LogP contribution in [-0.4, -0.2) is 52.0 Å². The molecule has 1 saturated carbocycles. The fourth-order valence-electron chi connectivity index (χ4n) is 4.76. The number of aromatic amines is 1. The zero-order valence-electron chi connectivity index (χ0n) is 22.4. The van der Waals surface area contributed by atoms with Gasteiger partial charge in [0.05, 0.1) is 41.3 Å². The predicted molar refractivity (Wildman–Crippen MR) is 148 cm³/mol. The minimum Gasteiger partial charge on any atom is -0.495 e. The molecule has 9 heteroatoms. The van der Waals surface area contributed by atoms with Crippen molar-refractivity contribution in [3.05, 3.63) is 58.1 Å². The minimum atomic E-state index is -0.500. The molecule has 0 unspecified atom stereocenters. The zero-order valence-corrected chi connectivity index (χ0v) is 22.4. The van der Waals surface area contributed by atoms with E-state index in [1.165, 1.54) is 12.8 Å². The fraction of sp³-hybridized carbons (Fsp3) is 0.448. The van der Waals surface area contributed by atoms with E-state index in [1.807, 2.05) is 45.0 Å². The van der Waals surface area contributed by atoms with Crippen molar-refractivity contribution in [2.75, 3.05) is 25.5 Å². The third-order valence-electron chi connectivity index (χ3n) is 6.92. The molecule has 200 valence electrons. The largest absolute Gasteiger partial charge is 0.495 e. The molecule has 1 aromatic carbocycles. The van der Waals surface area contributed by atoms with E-state index in [0.29, 0.717) is 47.3 Å². The summed E-state index contributed by atoms with van der Waals surface area (Å²) in [5.41, 5.74) is 3.05. The number of carbonyl (C=O) groups excluding carboxylic acids is 1. The highest BCUT2D eigenvalue weighted by Crippen LogP contribution is 2.36. The van der Waals surface area contributed by atoms with Gasteiger partial charge in [0.2, 0.25) is 0 Å². The third kappa shape index (κ3) is 5.98. The molecule has 1 amide bonds. The van der Waals surface area contributed by atoms with Crippen LogP contribution in [0.25, 0.3) is 17.0 Å². The lowest BCUT2D eigenvalue weighted by Crippen LogP contribution is -2.41. The van der Waals surface area contributed by atoms with Gasteiger partial charge in [0.1, 0.15) is 11.4 Å². The second kappa shape index (κ2) is 10.5. The van der Waals surface area contributed by atoms with Gasteiger partial charge in [-0.3, -0.25) is 4.79 Å². The maximum atomic E-state index is 12.7. The number of fused-ring (bicyclic) bond motifs is 1. The van der Waals surface area contributed by atoms with Crippen LogP contribution >= 0.6 is 0 Å². The molecule has 2 N–H and O–H groups in total. The Morgan fingerprint density at radius 2 is 1.89 bits per heavy atom. The quantitative estimate of drug-likeness (QED) is 0.437. The Kier molecular flexibility index (Phi) is 7.10. The number of anilines is 2. The Hall–Kier alpha value is -3.88. The van der Waals surface area contributed by atoms with Gasteiger partial charge in [-0.05, 0) is 88.1 Å². The van der Waals surface area contributed by atoms with E-state index in [9.17, 15) is 9.59 Å². The molecule has 0 radical (unpaired) electrons. The van der Waals surface area contributed by atoms with Gasteiger partial charge in [-0.15, -0.1) is 0 Å². The third-order valence-corrected chi connectivity index (χ3v) is 6.92. The van der Waals surface area contributed by atoms with Crippen molar-refractivity contribution < 1.29 is 14.3 Å². The summed E-state index contributed by atoms with van der Waals surface area (Å²) in [5.74, 6) is 1.61. The van der Waals surface area contributed by atoms with E-state index in [1.54, 1.807) is 18.2 Å². The highest BCUT2D eigenvalue weighted by molar-refractivity contribution is 5.93. The molecule has 5 rings (SSSR count). The molecule has 38 heavy (non-hydrogen) atoms. The number of amides is 1. The number of H-pyrrole nitrogens is 1. The Bertz CT molecular complexity index is 1410. The molecule has 1 aliphatic heterocycles. The van der Waals surface area contributed by atoms with Crippen molar-refractivity contribution in [3.8, 4) is 5.75 Å². The standard InChI is InChI=1S/C29H35N5O4/c1-29(2,3)38-28(36)34-13-11-19(12-14-34)20-8-10-22(25(15-20)37-4)32-23-16-21(9-7-18-5-6-18)31-24-17-30-33-27(35)26(23)24/h7-10,15-19H,5-6,11-14H2,1-4H3,(H,31,32)(H,33,35)/b9-7+. The number of benzene rings is 1. The first-order valence-corrected chi connectivity index (χ1v) is 13.2. The summed E-state index contributed by atoms with van der Waals surface area (Å²) in [6, 6.07) is 7.99. The van der Waals surface area contributed by atoms with Crippen LogP contribution in [0, 0.1) is 5.92 Å². The van der Waals surface area contributed by atoms with Gasteiger partial charge in [0, 0.05) is 13.1 Å². The first-order valence-electron chi connectivity index (χ1n) is 13.2. The van der Waals surface area contributed by atoms with Gasteiger partial charge in [-0.2, -0.15) is 5.10 Å². The van der Waals surface area contributed by atoms with E-state index < -0.39 is 5.60 Å². The number of aromatic nitrogens is 3. The van der Waals surface area contributed by atoms with Gasteiger partial charge >= 0.3 is 6.09 Å². The number of nitrogens with one attached hydrogen (secondary N) is 2. The second-order valence-electron chi connectivity index (χ2n) is 11.1. The number of pyridine rings is 1. The lowest BCUT2D eigenvalue weighted by molar-refractivity contribution is 0.0205. The summed E-state index contributed by atoms with van der Waals surface area (Å²) in [4.78, 5) is 31.5. The number of carbonyl (C=O) groups is 1. The summed E-state index contributed by atoms with van der Waals surface area (Å²) >= 11 is 0. The van der Waals surface area contributed by atoms with E-state index >= 15 is 0 Å². The van der Waals surface area contributed by atoms with Crippen molar-refractivity contribution in [3.63, 3.8) is 0 Å². The summed E-state index contributed by atoms with van der Waals surface area (Å²) in [6.07, 6.45) is 9.61. The van der Waals surface area contributed by atoms with Crippen molar-refractivity contribution in [1.82, 2.24) is 20.1 Å². The maximum Gasteiger partial charge on any atom is 0.410 e. The van der Waals surface area contributed by atoms with E-state index in [-0.39, 0.29) is 11.7 Å². The summed E-state index contributed by atoms with van der Waals surface area (Å²) in [7, 11) is 1.64. The number of piperidine rings is 1. The van der Waals surface area contributed by atoms with Crippen LogP contribution in [0.3, 0.4) is 0 Å². The summed E-state index contributed by atoms with van der Waals surface area (Å²) < 4.78 is 11.3. The topological polar surface area (TPSA) is 109 Å². The van der Waals surface area contributed by atoms with Crippen molar-refractivity contribution >= 4 is 34.4 Å². The van der Waals surface area contributed by atoms with Gasteiger partial charge in [0.15, 0.2) is 0 Å². The smallest absolute Gasteiger partial charge is 0.410 e. The molecule has 2 aliphatic rings. The number of ether oxygens (including phenoxy) is 2. The SMILES string of the molecule is COc1cc(C2CCN(C(=O)OC(C)(C)C)CC2)ccc1Nc1cc(/C=C/C2CC2)nc2cn[nH]c(=O)c12. The van der Waals surface area contributed by atoms with Crippen molar-refractivity contribution in [2.24, 2.45) is 5.92 Å². The number of methoxy groups -OCH3 is 1. The van der Waals surface area contributed by atoms with E-state index in [4.69, 9.17) is 9.47 Å². The number of allylic oxidation sites excluding steroid dienone is 1. The van der Waals surface area contributed by atoms with Crippen LogP contribution < -0.4 is 15.6 Å². The molecular weight excluding hydrogens is 482 g/mol. The van der Waals surface area contributed by atoms with Crippen LogP contribution in [0.2, 0.25) is 0 Å². The Balaban J connectivity index is 1.36. The molecule has 9 nitrogen and oxygen atoms in total. The number of hydrogen-bond donors (Lipinski definition) is 2. The fourth-order valence-corrected chi connectivity index (χ4v) is 4.76. The number of rotatable bonds is 6. The first-order chi connectivity index (χ1) is 18.2. The van der Waals surface area contributed by atoms with Crippen LogP contribution in [-0.2, 0) is 4.74 Å². The minimum absolute atomic E-state index is 0.255. The predicted octanol–water partition coefficient (Wildman–Crippen LogP) is 5.61. The van der Waals surface area contributed by atoms with Crippen LogP contribution in [0.4, 0.5) is 16.2 Å². The van der Waals surface area contributed by atoms with Crippen molar-refractivity contribution in [2.45, 2.75) is 58.0 Å². The number of hydrogen-bond acceptors (Lipinski definition) is 7. The molecule has 2 fully saturated rings. The molecule has 1 aliphatic carbocycles. The monoisotopic (exact) mass is 517 g/mol. The number of likely N-dealkylation sites (tertiary alicyclic amines) is 1. The van der Waals surface area contributed by atoms with Crippen LogP contribution in [0.15, 0.2) is 41.3 Å². The molecule has 0 atom stereocenters. The van der Waals surface area contributed by atoms with E-state index in [0.717, 1.165) is 29.8 Å². The average molecular weight is 518 g/mol. The van der Waals surface area contributed by atoms with Gasteiger partial charge in [-0.25, -0.2) is 14.9 Å². The molecule has 2 aromatic heterocycles. The zero-order chi connectivity index (χ0) is 26.9. The Morgan fingerprint density at radius 1 is 1.13 bits per heavy atom. The molecule has 3 aromatic rings. The lowest BCUT2D eigenvalue weighted by atomic mass is 9.89. The average Bonchev–Trinajstić information content (AvgIpc) is 3.71. The number of nitrogens with zero attached hydrogens (tertiary/aromatic N) is 3. The molecule has 3 heterocycles. The highest BCUT2D eigenvalue weighted by Gasteiger charge is 2.28. The molecule has 0 spiro atoms. The highest BCUT2D eigenvalue weighted by atomic mass is 16.6. The normalized spacial score (nSPS) is 16.7. The second-order valence-corrected chi connectivity index (χ2v) is 11.1. The van der Waals surface area contributed by atoms with E-state index in [2.05, 4.69) is 32.6 Å². The first kappa shape index (κ1) is 25.8. The van der Waals surface area contributed by atoms with Gasteiger partial charge in [-0.1, -0.05) is 12.1 Å². The maximum absolute atomic E-state index is 12.7. The van der Waals surface area contributed by atoms with Gasteiger partial charge < -0.3 is 19.7 Å². The lowest BCUT2D eigenvalue weighted by Gasteiger charge is -2.33. The summed E-state index contributed by atoms with van der Waals surface area (Å²) in [5, 5.41) is 10.3. The van der Waals surface area contributed by atoms with Gasteiger partial charge in [0.25, 0.3) is 5.56 Å². The van der Waals surface area contributed by atoms with Crippen molar-refractivity contribution in [1.29, 1.82) is 0 Å². The molecular formula is C29H35N5O4.